The molecule has 0 spiro atoms. The van der Waals surface area contributed by atoms with E-state index >= 15 is 0 Å². The second kappa shape index (κ2) is 5.58. The molecule has 3 rings (SSSR count). The molecular formula is C18H21NO. The predicted octanol–water partition coefficient (Wildman–Crippen LogP) is 3.95. The standard InChI is InChI=1S/C18H21NO/c1-13-11-17(20-2)9-8-15(13)12-16-6-3-5-14-7-4-10-19-18(14)16/h3,5-6,8-9,11,19H,4,7,10,12H2,1-2H3. The number of fused-ring (bicyclic) bond motifs is 1. The Balaban J connectivity index is 1.92. The first-order chi connectivity index (χ1) is 9.78. The van der Waals surface area contributed by atoms with Crippen molar-refractivity contribution in [3.05, 3.63) is 58.7 Å². The molecule has 0 atom stereocenters. The van der Waals surface area contributed by atoms with Gasteiger partial charge in [0.15, 0.2) is 0 Å². The lowest BCUT2D eigenvalue weighted by atomic mass is 9.94. The van der Waals surface area contributed by atoms with Gasteiger partial charge in [-0.3, -0.25) is 0 Å². The van der Waals surface area contributed by atoms with Crippen LogP contribution in [0, 0.1) is 6.92 Å². The van der Waals surface area contributed by atoms with Gasteiger partial charge >= 0.3 is 0 Å². The summed E-state index contributed by atoms with van der Waals surface area (Å²) in [5.74, 6) is 0.930. The van der Waals surface area contributed by atoms with Gasteiger partial charge in [0.2, 0.25) is 0 Å². The summed E-state index contributed by atoms with van der Waals surface area (Å²) < 4.78 is 5.28. The average Bonchev–Trinajstić information content (AvgIpc) is 2.49. The van der Waals surface area contributed by atoms with Crippen molar-refractivity contribution in [1.82, 2.24) is 0 Å². The van der Waals surface area contributed by atoms with E-state index < -0.39 is 0 Å². The molecule has 1 N–H and O–H groups in total. The molecule has 0 saturated carbocycles. The highest BCUT2D eigenvalue weighted by Gasteiger charge is 2.13. The number of rotatable bonds is 3. The Kier molecular flexibility index (Phi) is 3.64. The van der Waals surface area contributed by atoms with Crippen LogP contribution in [-0.2, 0) is 12.8 Å². The normalized spacial score (nSPS) is 13.5. The van der Waals surface area contributed by atoms with Gasteiger partial charge in [-0.05, 0) is 60.6 Å². The molecule has 20 heavy (non-hydrogen) atoms. The van der Waals surface area contributed by atoms with Gasteiger partial charge in [-0.15, -0.1) is 0 Å². The zero-order valence-corrected chi connectivity index (χ0v) is 12.2. The smallest absolute Gasteiger partial charge is 0.119 e. The largest absolute Gasteiger partial charge is 0.497 e. The van der Waals surface area contributed by atoms with Crippen LogP contribution in [0.5, 0.6) is 5.75 Å². The SMILES string of the molecule is COc1ccc(Cc2cccc3c2NCCC3)c(C)c1. The summed E-state index contributed by atoms with van der Waals surface area (Å²) >= 11 is 0. The number of aryl methyl sites for hydroxylation is 2. The molecule has 0 aromatic heterocycles. The lowest BCUT2D eigenvalue weighted by Gasteiger charge is -2.21. The van der Waals surface area contributed by atoms with E-state index in [4.69, 9.17) is 4.74 Å². The van der Waals surface area contributed by atoms with Crippen LogP contribution in [-0.4, -0.2) is 13.7 Å². The number of anilines is 1. The number of benzene rings is 2. The van der Waals surface area contributed by atoms with Gasteiger partial charge in [-0.2, -0.15) is 0 Å². The van der Waals surface area contributed by atoms with E-state index in [0.717, 1.165) is 18.7 Å². The van der Waals surface area contributed by atoms with Crippen molar-refractivity contribution < 1.29 is 4.74 Å². The molecule has 104 valence electrons. The van der Waals surface area contributed by atoms with Gasteiger partial charge in [0.05, 0.1) is 7.11 Å². The molecular weight excluding hydrogens is 246 g/mol. The van der Waals surface area contributed by atoms with E-state index in [1.165, 1.54) is 40.8 Å². The molecule has 0 amide bonds. The summed E-state index contributed by atoms with van der Waals surface area (Å²) in [7, 11) is 1.71. The summed E-state index contributed by atoms with van der Waals surface area (Å²) in [5, 5.41) is 3.57. The molecule has 2 aromatic rings. The Morgan fingerprint density at radius 3 is 2.85 bits per heavy atom. The Bertz CT molecular complexity index is 619. The van der Waals surface area contributed by atoms with Crippen molar-refractivity contribution >= 4 is 5.69 Å². The average molecular weight is 267 g/mol. The third-order valence-corrected chi connectivity index (χ3v) is 4.09. The maximum absolute atomic E-state index is 5.28. The maximum Gasteiger partial charge on any atom is 0.119 e. The minimum absolute atomic E-state index is 0.930. The van der Waals surface area contributed by atoms with Crippen LogP contribution in [0.2, 0.25) is 0 Å². The Morgan fingerprint density at radius 2 is 2.05 bits per heavy atom. The van der Waals surface area contributed by atoms with Crippen LogP contribution >= 0.6 is 0 Å². The van der Waals surface area contributed by atoms with Crippen molar-refractivity contribution in [3.63, 3.8) is 0 Å². The van der Waals surface area contributed by atoms with Crippen LogP contribution < -0.4 is 10.1 Å². The van der Waals surface area contributed by atoms with E-state index in [-0.39, 0.29) is 0 Å². The zero-order chi connectivity index (χ0) is 13.9. The Hall–Kier alpha value is -1.96. The van der Waals surface area contributed by atoms with Crippen LogP contribution in [0.1, 0.15) is 28.7 Å². The van der Waals surface area contributed by atoms with E-state index in [1.807, 2.05) is 6.07 Å². The molecule has 0 saturated heterocycles. The van der Waals surface area contributed by atoms with Gasteiger partial charge < -0.3 is 10.1 Å². The molecule has 0 radical (unpaired) electrons. The van der Waals surface area contributed by atoms with Crippen LogP contribution in [0.25, 0.3) is 0 Å². The molecule has 1 aliphatic heterocycles. The molecule has 0 fully saturated rings. The van der Waals surface area contributed by atoms with Crippen molar-refractivity contribution in [1.29, 1.82) is 0 Å². The highest BCUT2D eigenvalue weighted by Crippen LogP contribution is 2.29. The van der Waals surface area contributed by atoms with Gasteiger partial charge in [-0.1, -0.05) is 24.3 Å². The number of nitrogens with one attached hydrogen (secondary N) is 1. The fourth-order valence-electron chi connectivity index (χ4n) is 2.93. The molecule has 2 heteroatoms. The second-order valence-corrected chi connectivity index (χ2v) is 5.45. The number of hydrogen-bond acceptors (Lipinski definition) is 2. The predicted molar refractivity (Wildman–Crippen MR) is 83.8 cm³/mol. The lowest BCUT2D eigenvalue weighted by Crippen LogP contribution is -2.13. The number of para-hydroxylation sites is 1. The second-order valence-electron chi connectivity index (χ2n) is 5.45. The fraction of sp³-hybridized carbons (Fsp3) is 0.333. The van der Waals surface area contributed by atoms with Crippen molar-refractivity contribution in [3.8, 4) is 5.75 Å². The first-order valence-electron chi connectivity index (χ1n) is 7.26. The summed E-state index contributed by atoms with van der Waals surface area (Å²) in [6.07, 6.45) is 3.40. The minimum Gasteiger partial charge on any atom is -0.497 e. The van der Waals surface area contributed by atoms with E-state index in [0.29, 0.717) is 0 Å². The summed E-state index contributed by atoms with van der Waals surface area (Å²) in [5.41, 5.74) is 6.87. The van der Waals surface area contributed by atoms with Gasteiger partial charge in [0.25, 0.3) is 0 Å². The number of ether oxygens (including phenoxy) is 1. The van der Waals surface area contributed by atoms with E-state index in [2.05, 4.69) is 42.6 Å². The molecule has 0 bridgehead atoms. The topological polar surface area (TPSA) is 21.3 Å². The molecule has 0 aliphatic carbocycles. The molecule has 0 unspecified atom stereocenters. The van der Waals surface area contributed by atoms with E-state index in [9.17, 15) is 0 Å². The first-order valence-corrected chi connectivity index (χ1v) is 7.26. The third kappa shape index (κ3) is 2.51. The van der Waals surface area contributed by atoms with Crippen molar-refractivity contribution in [2.24, 2.45) is 0 Å². The van der Waals surface area contributed by atoms with Crippen LogP contribution in [0.15, 0.2) is 36.4 Å². The molecule has 1 aliphatic rings. The maximum atomic E-state index is 5.28. The summed E-state index contributed by atoms with van der Waals surface area (Å²) in [6.45, 7) is 3.24. The minimum atomic E-state index is 0.930. The number of methoxy groups -OCH3 is 1. The highest BCUT2D eigenvalue weighted by molar-refractivity contribution is 5.60. The van der Waals surface area contributed by atoms with Gasteiger partial charge in [-0.25, -0.2) is 0 Å². The quantitative estimate of drug-likeness (QED) is 0.909. The van der Waals surface area contributed by atoms with Crippen molar-refractivity contribution in [2.75, 3.05) is 19.0 Å². The summed E-state index contributed by atoms with van der Waals surface area (Å²) in [4.78, 5) is 0. The van der Waals surface area contributed by atoms with Crippen LogP contribution in [0.4, 0.5) is 5.69 Å². The third-order valence-electron chi connectivity index (χ3n) is 4.09. The first kappa shape index (κ1) is 13.0. The van der Waals surface area contributed by atoms with E-state index in [1.54, 1.807) is 7.11 Å². The molecule has 2 aromatic carbocycles. The van der Waals surface area contributed by atoms with Gasteiger partial charge in [0, 0.05) is 12.2 Å². The monoisotopic (exact) mass is 267 g/mol. The molecule has 1 heterocycles. The number of hydrogen-bond donors (Lipinski definition) is 1. The Morgan fingerprint density at radius 1 is 1.15 bits per heavy atom. The lowest BCUT2D eigenvalue weighted by molar-refractivity contribution is 0.414. The fourth-order valence-corrected chi connectivity index (χ4v) is 2.93. The van der Waals surface area contributed by atoms with Crippen molar-refractivity contribution in [2.45, 2.75) is 26.2 Å². The Labute approximate surface area is 120 Å². The zero-order valence-electron chi connectivity index (χ0n) is 12.2. The molecule has 2 nitrogen and oxygen atoms in total. The summed E-state index contributed by atoms with van der Waals surface area (Å²) in [6, 6.07) is 13.0. The van der Waals surface area contributed by atoms with Crippen LogP contribution in [0.3, 0.4) is 0 Å². The van der Waals surface area contributed by atoms with Gasteiger partial charge in [0.1, 0.15) is 5.75 Å². The highest BCUT2D eigenvalue weighted by atomic mass is 16.5.